The van der Waals surface area contributed by atoms with Crippen LogP contribution >= 0.6 is 0 Å². The van der Waals surface area contributed by atoms with E-state index in [2.05, 4.69) is 4.90 Å². The van der Waals surface area contributed by atoms with Gasteiger partial charge in [-0.3, -0.25) is 4.90 Å². The molecule has 2 aromatic carbocycles. The molecule has 2 aromatic rings. The van der Waals surface area contributed by atoms with Crippen molar-refractivity contribution in [2.24, 2.45) is 5.92 Å². The molecular weight excluding hydrogens is 369 g/mol. The molecule has 3 atom stereocenters. The minimum absolute atomic E-state index is 0.0477. The highest BCUT2D eigenvalue weighted by molar-refractivity contribution is 5.43. The van der Waals surface area contributed by atoms with E-state index in [1.54, 1.807) is 12.1 Å². The van der Waals surface area contributed by atoms with Gasteiger partial charge in [-0.2, -0.15) is 0 Å². The van der Waals surface area contributed by atoms with E-state index in [1.165, 1.54) is 6.07 Å². The van der Waals surface area contributed by atoms with Gasteiger partial charge < -0.3 is 14.9 Å². The normalized spacial score (nSPS) is 27.4. The van der Waals surface area contributed by atoms with E-state index in [1.807, 2.05) is 31.2 Å². The summed E-state index contributed by atoms with van der Waals surface area (Å²) in [4.78, 5) is 2.28. The Bertz CT molecular complexity index is 858. The summed E-state index contributed by atoms with van der Waals surface area (Å²) in [7, 11) is 0. The van der Waals surface area contributed by atoms with Crippen molar-refractivity contribution in [3.05, 3.63) is 59.4 Å². The van der Waals surface area contributed by atoms with Gasteiger partial charge in [-0.15, -0.1) is 0 Å². The number of hydrogen-bond donors (Lipinski definition) is 2. The zero-order chi connectivity index (χ0) is 20.4. The number of halogens is 1. The molecule has 1 aliphatic heterocycles. The van der Waals surface area contributed by atoms with Gasteiger partial charge in [-0.25, -0.2) is 4.39 Å². The van der Waals surface area contributed by atoms with E-state index in [4.69, 9.17) is 4.74 Å². The third kappa shape index (κ3) is 3.99. The van der Waals surface area contributed by atoms with Gasteiger partial charge in [0.2, 0.25) is 0 Å². The van der Waals surface area contributed by atoms with Crippen molar-refractivity contribution in [3.8, 4) is 11.5 Å². The van der Waals surface area contributed by atoms with Crippen LogP contribution in [-0.2, 0) is 6.54 Å². The molecule has 29 heavy (non-hydrogen) atoms. The van der Waals surface area contributed by atoms with Crippen LogP contribution in [0.15, 0.2) is 42.5 Å². The molecule has 0 aromatic heterocycles. The Morgan fingerprint density at radius 2 is 2.00 bits per heavy atom. The maximum absolute atomic E-state index is 14.4. The fourth-order valence-corrected chi connectivity index (χ4v) is 5.19. The average molecular weight is 400 g/mol. The second kappa shape index (κ2) is 8.33. The maximum atomic E-state index is 14.4. The van der Waals surface area contributed by atoms with Crippen molar-refractivity contribution >= 4 is 0 Å². The number of phenols is 1. The number of aromatic hydroxyl groups is 1. The largest absolute Gasteiger partial charge is 0.504 e. The quantitative estimate of drug-likeness (QED) is 0.758. The van der Waals surface area contributed by atoms with Gasteiger partial charge in [-0.1, -0.05) is 37.1 Å². The van der Waals surface area contributed by atoms with E-state index in [-0.39, 0.29) is 23.5 Å². The highest BCUT2D eigenvalue weighted by Crippen LogP contribution is 2.50. The first-order valence-electron chi connectivity index (χ1n) is 10.7. The molecule has 2 fully saturated rings. The van der Waals surface area contributed by atoms with Crippen LogP contribution in [0.4, 0.5) is 4.39 Å². The summed E-state index contributed by atoms with van der Waals surface area (Å²) in [5, 5.41) is 21.6. The van der Waals surface area contributed by atoms with Crippen molar-refractivity contribution in [1.29, 1.82) is 0 Å². The lowest BCUT2D eigenvalue weighted by Gasteiger charge is -2.52. The molecule has 0 radical (unpaired) electrons. The molecule has 0 spiro atoms. The SMILES string of the molecule is CCOc1cc([C@@H]2[C@@H]3CCCC[C@@]3(O)CCN2Cc2ccccc2F)ccc1O. The summed E-state index contributed by atoms with van der Waals surface area (Å²) in [6.07, 6.45) is 4.61. The van der Waals surface area contributed by atoms with Gasteiger partial charge in [0.05, 0.1) is 12.2 Å². The third-order valence-electron chi connectivity index (χ3n) is 6.63. The smallest absolute Gasteiger partial charge is 0.161 e. The highest BCUT2D eigenvalue weighted by atomic mass is 19.1. The van der Waals surface area contributed by atoms with Crippen LogP contribution in [0.1, 0.15) is 56.2 Å². The van der Waals surface area contributed by atoms with Crippen LogP contribution in [0.3, 0.4) is 0 Å². The highest BCUT2D eigenvalue weighted by Gasteiger charge is 2.49. The molecule has 0 amide bonds. The molecule has 2 N–H and O–H groups in total. The molecule has 1 heterocycles. The molecular formula is C24H30FNO3. The molecule has 4 rings (SSSR count). The van der Waals surface area contributed by atoms with E-state index >= 15 is 0 Å². The van der Waals surface area contributed by atoms with Gasteiger partial charge in [0.1, 0.15) is 5.82 Å². The van der Waals surface area contributed by atoms with Crippen molar-refractivity contribution in [1.82, 2.24) is 4.90 Å². The topological polar surface area (TPSA) is 52.9 Å². The Hall–Kier alpha value is -2.11. The molecule has 4 nitrogen and oxygen atoms in total. The number of hydrogen-bond acceptors (Lipinski definition) is 4. The molecule has 5 heteroatoms. The Balaban J connectivity index is 1.72. The summed E-state index contributed by atoms with van der Waals surface area (Å²) >= 11 is 0. The molecule has 0 bridgehead atoms. The van der Waals surface area contributed by atoms with Crippen molar-refractivity contribution in [2.75, 3.05) is 13.2 Å². The molecule has 1 saturated carbocycles. The van der Waals surface area contributed by atoms with Gasteiger partial charge in [0.15, 0.2) is 11.5 Å². The number of aliphatic hydroxyl groups is 1. The predicted octanol–water partition coefficient (Wildman–Crippen LogP) is 4.80. The van der Waals surface area contributed by atoms with Crippen LogP contribution in [0, 0.1) is 11.7 Å². The number of fused-ring (bicyclic) bond motifs is 1. The molecule has 1 saturated heterocycles. The lowest BCUT2D eigenvalue weighted by Crippen LogP contribution is -2.54. The maximum Gasteiger partial charge on any atom is 0.161 e. The van der Waals surface area contributed by atoms with Crippen LogP contribution in [0.2, 0.25) is 0 Å². The summed E-state index contributed by atoms with van der Waals surface area (Å²) < 4.78 is 20.0. The lowest BCUT2D eigenvalue weighted by molar-refractivity contribution is -0.126. The lowest BCUT2D eigenvalue weighted by atomic mass is 9.66. The predicted molar refractivity (Wildman–Crippen MR) is 110 cm³/mol. The van der Waals surface area contributed by atoms with Crippen LogP contribution in [0.25, 0.3) is 0 Å². The van der Waals surface area contributed by atoms with E-state index < -0.39 is 5.60 Å². The number of rotatable bonds is 5. The first-order chi connectivity index (χ1) is 14.0. The third-order valence-corrected chi connectivity index (χ3v) is 6.63. The molecule has 2 aliphatic rings. The average Bonchev–Trinajstić information content (AvgIpc) is 2.71. The van der Waals surface area contributed by atoms with Crippen LogP contribution in [-0.4, -0.2) is 33.9 Å². The molecule has 0 unspecified atom stereocenters. The zero-order valence-corrected chi connectivity index (χ0v) is 17.0. The van der Waals surface area contributed by atoms with E-state index in [0.29, 0.717) is 37.4 Å². The number of likely N-dealkylation sites (tertiary alicyclic amines) is 1. The Morgan fingerprint density at radius 3 is 2.79 bits per heavy atom. The van der Waals surface area contributed by atoms with Crippen molar-refractivity contribution in [3.63, 3.8) is 0 Å². The summed E-state index contributed by atoms with van der Waals surface area (Å²) in [5.41, 5.74) is 0.994. The van der Waals surface area contributed by atoms with Crippen LogP contribution in [0.5, 0.6) is 11.5 Å². The summed E-state index contributed by atoms with van der Waals surface area (Å²) in [6.45, 7) is 3.55. The van der Waals surface area contributed by atoms with Crippen molar-refractivity contribution in [2.45, 2.75) is 57.2 Å². The fraction of sp³-hybridized carbons (Fsp3) is 0.500. The van der Waals surface area contributed by atoms with Gasteiger partial charge in [0.25, 0.3) is 0 Å². The number of ether oxygens (including phenoxy) is 1. The Kier molecular flexibility index (Phi) is 5.79. The number of phenolic OH excluding ortho intramolecular Hbond substituents is 1. The minimum atomic E-state index is -0.682. The molecule has 156 valence electrons. The van der Waals surface area contributed by atoms with Gasteiger partial charge in [-0.05, 0) is 49.9 Å². The Morgan fingerprint density at radius 1 is 1.17 bits per heavy atom. The van der Waals surface area contributed by atoms with Crippen molar-refractivity contribution < 1.29 is 19.3 Å². The zero-order valence-electron chi connectivity index (χ0n) is 17.0. The number of nitrogens with zero attached hydrogens (tertiary/aromatic N) is 1. The van der Waals surface area contributed by atoms with E-state index in [9.17, 15) is 14.6 Å². The Labute approximate surface area is 171 Å². The van der Waals surface area contributed by atoms with Crippen LogP contribution < -0.4 is 4.74 Å². The summed E-state index contributed by atoms with van der Waals surface area (Å²) in [6, 6.07) is 12.3. The standard InChI is InChI=1S/C24H30FNO3/c1-2-29-22-15-17(10-11-21(22)27)23-19-8-5-6-12-24(19,28)13-14-26(23)16-18-7-3-4-9-20(18)25/h3-4,7,9-11,15,19,23,27-28H,2,5-6,8,12-14,16H2,1H3/t19-,23+,24+/m0/s1. The van der Waals surface area contributed by atoms with Gasteiger partial charge in [0, 0.05) is 30.6 Å². The van der Waals surface area contributed by atoms with E-state index in [0.717, 1.165) is 31.2 Å². The second-order valence-corrected chi connectivity index (χ2v) is 8.37. The first kappa shape index (κ1) is 20.2. The first-order valence-corrected chi connectivity index (χ1v) is 10.7. The van der Waals surface area contributed by atoms with Gasteiger partial charge >= 0.3 is 0 Å². The number of benzene rings is 2. The summed E-state index contributed by atoms with van der Waals surface area (Å²) in [5.74, 6) is 0.457. The second-order valence-electron chi connectivity index (χ2n) is 8.37. The fourth-order valence-electron chi connectivity index (χ4n) is 5.19. The minimum Gasteiger partial charge on any atom is -0.504 e. The number of piperidine rings is 1. The monoisotopic (exact) mass is 399 g/mol. The molecule has 1 aliphatic carbocycles.